The molecule has 0 aliphatic carbocycles. The highest BCUT2D eigenvalue weighted by Gasteiger charge is 2.10. The van der Waals surface area contributed by atoms with Crippen molar-refractivity contribution in [1.29, 1.82) is 0 Å². The van der Waals surface area contributed by atoms with Crippen molar-refractivity contribution in [2.75, 3.05) is 6.26 Å². The number of benzene rings is 1. The Hall–Kier alpha value is -1.29. The highest BCUT2D eigenvalue weighted by atomic mass is 32.2. The molecule has 3 nitrogen and oxygen atoms in total. The van der Waals surface area contributed by atoms with Gasteiger partial charge in [0.05, 0.1) is 0 Å². The lowest BCUT2D eigenvalue weighted by molar-refractivity contribution is 0.555. The molecular formula is C11H12O3S. The fourth-order valence-electron chi connectivity index (χ4n) is 1.59. The first-order valence-corrected chi connectivity index (χ1v) is 6.67. The van der Waals surface area contributed by atoms with Crippen molar-refractivity contribution < 1.29 is 12.8 Å². The van der Waals surface area contributed by atoms with Crippen LogP contribution < -0.4 is 0 Å². The van der Waals surface area contributed by atoms with Crippen LogP contribution in [0.2, 0.25) is 0 Å². The summed E-state index contributed by atoms with van der Waals surface area (Å²) in [6.07, 6.45) is 1.20. The molecule has 15 heavy (non-hydrogen) atoms. The van der Waals surface area contributed by atoms with Gasteiger partial charge in [-0.15, -0.1) is 0 Å². The smallest absolute Gasteiger partial charge is 0.154 e. The van der Waals surface area contributed by atoms with Crippen molar-refractivity contribution in [3.05, 3.63) is 35.6 Å². The van der Waals surface area contributed by atoms with E-state index in [1.165, 1.54) is 6.26 Å². The van der Waals surface area contributed by atoms with Crippen LogP contribution in [0.5, 0.6) is 0 Å². The summed E-state index contributed by atoms with van der Waals surface area (Å²) in [5.41, 5.74) is 1.79. The third kappa shape index (κ3) is 2.21. The molecule has 0 aliphatic heterocycles. The maximum Gasteiger partial charge on any atom is 0.154 e. The maximum atomic E-state index is 11.1. The van der Waals surface area contributed by atoms with Gasteiger partial charge in [-0.3, -0.25) is 0 Å². The number of furan rings is 1. The zero-order chi connectivity index (χ0) is 11.1. The van der Waals surface area contributed by atoms with Crippen molar-refractivity contribution in [1.82, 2.24) is 0 Å². The van der Waals surface area contributed by atoms with Gasteiger partial charge in [-0.25, -0.2) is 8.42 Å². The first kappa shape index (κ1) is 10.2. The lowest BCUT2D eigenvalue weighted by Gasteiger charge is -1.93. The molecule has 2 aromatic rings. The lowest BCUT2D eigenvalue weighted by Crippen LogP contribution is -1.98. The summed E-state index contributed by atoms with van der Waals surface area (Å²) >= 11 is 0. The fourth-order valence-corrected chi connectivity index (χ4v) is 2.25. The van der Waals surface area contributed by atoms with E-state index in [-0.39, 0.29) is 5.75 Å². The van der Waals surface area contributed by atoms with Crippen molar-refractivity contribution >= 4 is 20.8 Å². The van der Waals surface area contributed by atoms with E-state index in [1.807, 2.05) is 25.1 Å². The monoisotopic (exact) mass is 224 g/mol. The lowest BCUT2D eigenvalue weighted by atomic mass is 10.2. The molecule has 0 aliphatic rings. The van der Waals surface area contributed by atoms with Gasteiger partial charge >= 0.3 is 0 Å². The van der Waals surface area contributed by atoms with Gasteiger partial charge in [-0.1, -0.05) is 18.2 Å². The van der Waals surface area contributed by atoms with Crippen LogP contribution >= 0.6 is 0 Å². The highest BCUT2D eigenvalue weighted by Crippen LogP contribution is 2.23. The number of hydrogen-bond donors (Lipinski definition) is 0. The Balaban J connectivity index is 2.53. The van der Waals surface area contributed by atoms with Gasteiger partial charge in [0, 0.05) is 11.6 Å². The molecule has 0 amide bonds. The van der Waals surface area contributed by atoms with E-state index in [0.717, 1.165) is 16.5 Å². The van der Waals surface area contributed by atoms with Gasteiger partial charge in [0.1, 0.15) is 17.1 Å². The average Bonchev–Trinajstić information content (AvgIpc) is 2.45. The molecular weight excluding hydrogens is 212 g/mol. The van der Waals surface area contributed by atoms with Crippen molar-refractivity contribution in [3.8, 4) is 0 Å². The summed E-state index contributed by atoms with van der Waals surface area (Å²) in [5, 5.41) is 0.952. The molecule has 0 saturated heterocycles. The molecule has 0 bridgehead atoms. The molecule has 1 heterocycles. The van der Waals surface area contributed by atoms with Gasteiger partial charge in [-0.05, 0) is 18.6 Å². The largest absolute Gasteiger partial charge is 0.460 e. The minimum Gasteiger partial charge on any atom is -0.460 e. The van der Waals surface area contributed by atoms with Crippen LogP contribution in [0.25, 0.3) is 11.0 Å². The highest BCUT2D eigenvalue weighted by molar-refractivity contribution is 7.89. The van der Waals surface area contributed by atoms with Crippen molar-refractivity contribution in [2.24, 2.45) is 0 Å². The molecule has 1 aromatic heterocycles. The summed E-state index contributed by atoms with van der Waals surface area (Å²) in [6, 6.07) is 7.56. The van der Waals surface area contributed by atoms with Gasteiger partial charge in [-0.2, -0.15) is 0 Å². The summed E-state index contributed by atoms with van der Waals surface area (Å²) in [4.78, 5) is 0. The number of aryl methyl sites for hydroxylation is 1. The third-order valence-electron chi connectivity index (χ3n) is 2.20. The fraction of sp³-hybridized carbons (Fsp3) is 0.273. The Morgan fingerprint density at radius 1 is 1.33 bits per heavy atom. The normalized spacial score (nSPS) is 12.1. The summed E-state index contributed by atoms with van der Waals surface area (Å²) < 4.78 is 27.7. The summed E-state index contributed by atoms with van der Waals surface area (Å²) in [5.74, 6) is 0.461. The number of sulfone groups is 1. The zero-order valence-electron chi connectivity index (χ0n) is 8.65. The first-order valence-electron chi connectivity index (χ1n) is 4.61. The Bertz CT molecular complexity index is 593. The molecule has 0 spiro atoms. The van der Waals surface area contributed by atoms with E-state index in [0.29, 0.717) is 5.76 Å². The zero-order valence-corrected chi connectivity index (χ0v) is 9.47. The summed E-state index contributed by atoms with van der Waals surface area (Å²) in [6.45, 7) is 1.94. The molecule has 2 rings (SSSR count). The molecule has 0 N–H and O–H groups in total. The van der Waals surface area contributed by atoms with E-state index in [1.54, 1.807) is 6.07 Å². The van der Waals surface area contributed by atoms with Gasteiger partial charge in [0.15, 0.2) is 9.84 Å². The van der Waals surface area contributed by atoms with Crippen LogP contribution in [0.1, 0.15) is 11.3 Å². The van der Waals surface area contributed by atoms with Crippen LogP contribution in [0, 0.1) is 6.92 Å². The van der Waals surface area contributed by atoms with Gasteiger partial charge < -0.3 is 4.42 Å². The molecule has 0 unspecified atom stereocenters. The molecule has 0 saturated carbocycles. The van der Waals surface area contributed by atoms with E-state index in [4.69, 9.17) is 4.42 Å². The molecule has 1 aromatic carbocycles. The second-order valence-corrected chi connectivity index (χ2v) is 5.92. The second kappa shape index (κ2) is 3.38. The van der Waals surface area contributed by atoms with E-state index < -0.39 is 9.84 Å². The minimum atomic E-state index is -3.03. The first-order chi connectivity index (χ1) is 6.96. The summed E-state index contributed by atoms with van der Waals surface area (Å²) in [7, 11) is -3.03. The van der Waals surface area contributed by atoms with Crippen LogP contribution in [-0.2, 0) is 15.6 Å². The Labute approximate surface area is 88.6 Å². The average molecular weight is 224 g/mol. The molecule has 0 atom stereocenters. The topological polar surface area (TPSA) is 47.3 Å². The van der Waals surface area contributed by atoms with E-state index in [9.17, 15) is 8.42 Å². The van der Waals surface area contributed by atoms with Crippen molar-refractivity contribution in [3.63, 3.8) is 0 Å². The SMILES string of the molecule is Cc1cccc2cc(CS(C)(=O)=O)oc12. The number of rotatable bonds is 2. The molecule has 4 heteroatoms. The van der Waals surface area contributed by atoms with Crippen LogP contribution in [-0.4, -0.2) is 14.7 Å². The predicted octanol–water partition coefficient (Wildman–Crippen LogP) is 2.29. The predicted molar refractivity (Wildman–Crippen MR) is 59.5 cm³/mol. The number of fused-ring (bicyclic) bond motifs is 1. The second-order valence-electron chi connectivity index (χ2n) is 3.78. The molecule has 0 fully saturated rings. The Morgan fingerprint density at radius 2 is 2.07 bits per heavy atom. The van der Waals surface area contributed by atoms with E-state index in [2.05, 4.69) is 0 Å². The number of hydrogen-bond acceptors (Lipinski definition) is 3. The van der Waals surface area contributed by atoms with Gasteiger partial charge in [0.2, 0.25) is 0 Å². The van der Waals surface area contributed by atoms with Crippen LogP contribution in [0.3, 0.4) is 0 Å². The maximum absolute atomic E-state index is 11.1. The third-order valence-corrected chi connectivity index (χ3v) is 3.01. The molecule has 0 radical (unpaired) electrons. The quantitative estimate of drug-likeness (QED) is 0.786. The standard InChI is InChI=1S/C11H12O3S/c1-8-4-3-5-9-6-10(14-11(8)9)7-15(2,12)13/h3-6H,7H2,1-2H3. The Morgan fingerprint density at radius 3 is 2.67 bits per heavy atom. The van der Waals surface area contributed by atoms with Crippen molar-refractivity contribution in [2.45, 2.75) is 12.7 Å². The number of para-hydroxylation sites is 1. The van der Waals surface area contributed by atoms with Gasteiger partial charge in [0.25, 0.3) is 0 Å². The Kier molecular flexibility index (Phi) is 2.31. The van der Waals surface area contributed by atoms with Crippen LogP contribution in [0.15, 0.2) is 28.7 Å². The molecule has 80 valence electrons. The van der Waals surface area contributed by atoms with Crippen LogP contribution in [0.4, 0.5) is 0 Å². The van der Waals surface area contributed by atoms with E-state index >= 15 is 0 Å². The minimum absolute atomic E-state index is 0.0406.